The highest BCUT2D eigenvalue weighted by Crippen LogP contribution is 2.19. The van der Waals surface area contributed by atoms with Gasteiger partial charge in [0.25, 0.3) is 5.91 Å². The monoisotopic (exact) mass is 347 g/mol. The number of pyridine rings is 1. The van der Waals surface area contributed by atoms with Gasteiger partial charge in [0.15, 0.2) is 0 Å². The molecule has 1 aromatic rings. The molecular formula is C19H33N5O. The molecule has 0 N–H and O–H groups in total. The molecule has 140 valence electrons. The van der Waals surface area contributed by atoms with Crippen LogP contribution in [0.15, 0.2) is 18.3 Å². The lowest BCUT2D eigenvalue weighted by atomic mass is 10.1. The number of hydrogen-bond donors (Lipinski definition) is 0. The number of carbonyl (C=O) groups is 1. The maximum absolute atomic E-state index is 13.2. The van der Waals surface area contributed by atoms with Crippen LogP contribution in [0.2, 0.25) is 0 Å². The summed E-state index contributed by atoms with van der Waals surface area (Å²) in [6.07, 6.45) is 4.13. The zero-order valence-corrected chi connectivity index (χ0v) is 16.4. The molecule has 1 aliphatic heterocycles. The molecule has 0 aliphatic carbocycles. The van der Waals surface area contributed by atoms with Gasteiger partial charge >= 0.3 is 0 Å². The number of aromatic nitrogens is 1. The molecule has 6 heteroatoms. The molecule has 0 spiro atoms. The van der Waals surface area contributed by atoms with Crippen LogP contribution in [0.25, 0.3) is 0 Å². The molecule has 0 saturated carbocycles. The summed E-state index contributed by atoms with van der Waals surface area (Å²) in [5.74, 6) is 0.921. The van der Waals surface area contributed by atoms with Gasteiger partial charge in [0.05, 0.1) is 0 Å². The number of likely N-dealkylation sites (tertiary alicyclic amines) is 1. The average molecular weight is 348 g/mol. The van der Waals surface area contributed by atoms with Crippen LogP contribution >= 0.6 is 0 Å². The summed E-state index contributed by atoms with van der Waals surface area (Å²) >= 11 is 0. The van der Waals surface area contributed by atoms with Crippen LogP contribution < -0.4 is 4.90 Å². The maximum atomic E-state index is 13.2. The summed E-state index contributed by atoms with van der Waals surface area (Å²) in [6, 6.07) is 4.19. The zero-order chi connectivity index (χ0) is 18.4. The van der Waals surface area contributed by atoms with Gasteiger partial charge in [0.2, 0.25) is 0 Å². The molecule has 0 unspecified atom stereocenters. The van der Waals surface area contributed by atoms with Crippen molar-refractivity contribution in [1.82, 2.24) is 19.7 Å². The minimum Gasteiger partial charge on any atom is -0.363 e. The molecule has 1 atom stereocenters. The largest absolute Gasteiger partial charge is 0.363 e. The Labute approximate surface area is 152 Å². The van der Waals surface area contributed by atoms with E-state index in [9.17, 15) is 4.79 Å². The van der Waals surface area contributed by atoms with E-state index in [0.29, 0.717) is 6.04 Å². The molecule has 6 nitrogen and oxygen atoms in total. The van der Waals surface area contributed by atoms with Gasteiger partial charge < -0.3 is 14.7 Å². The van der Waals surface area contributed by atoms with Crippen LogP contribution in [0.5, 0.6) is 0 Å². The van der Waals surface area contributed by atoms with Crippen LogP contribution in [-0.4, -0.2) is 92.5 Å². The van der Waals surface area contributed by atoms with Gasteiger partial charge in [-0.15, -0.1) is 0 Å². The van der Waals surface area contributed by atoms with Crippen LogP contribution in [0.4, 0.5) is 5.82 Å². The summed E-state index contributed by atoms with van der Waals surface area (Å²) in [5, 5.41) is 0. The van der Waals surface area contributed by atoms with E-state index in [1.54, 1.807) is 6.20 Å². The lowest BCUT2D eigenvalue weighted by molar-refractivity contribution is 0.0694. The van der Waals surface area contributed by atoms with E-state index < -0.39 is 0 Å². The molecule has 1 saturated heterocycles. The molecule has 1 aromatic heterocycles. The van der Waals surface area contributed by atoms with Crippen LogP contribution in [-0.2, 0) is 0 Å². The van der Waals surface area contributed by atoms with Gasteiger partial charge in [-0.25, -0.2) is 4.98 Å². The standard InChI is InChI=1S/C19H33N5O/c1-6-23-11-7-8-17(23)15-24(13-12-21(2)3)19(25)16-9-10-20-18(14-16)22(4)5/h9-10,14,17H,6-8,11-13,15H2,1-5H3/t17-/m0/s1. The summed E-state index contributed by atoms with van der Waals surface area (Å²) < 4.78 is 0. The topological polar surface area (TPSA) is 42.9 Å². The summed E-state index contributed by atoms with van der Waals surface area (Å²) in [5.41, 5.74) is 0.721. The van der Waals surface area contributed by atoms with Crippen LogP contribution in [0.1, 0.15) is 30.1 Å². The highest BCUT2D eigenvalue weighted by molar-refractivity contribution is 5.94. The van der Waals surface area contributed by atoms with E-state index in [-0.39, 0.29) is 5.91 Å². The second-order valence-corrected chi connectivity index (χ2v) is 7.28. The van der Waals surface area contributed by atoms with Crippen molar-refractivity contribution in [1.29, 1.82) is 0 Å². The summed E-state index contributed by atoms with van der Waals surface area (Å²) in [6.45, 7) is 6.84. The Hall–Kier alpha value is -1.66. The average Bonchev–Trinajstić information content (AvgIpc) is 3.05. The summed E-state index contributed by atoms with van der Waals surface area (Å²) in [4.78, 5) is 26.1. The molecule has 1 fully saturated rings. The lowest BCUT2D eigenvalue weighted by Crippen LogP contribution is -2.45. The van der Waals surface area contributed by atoms with Crippen molar-refractivity contribution < 1.29 is 4.79 Å². The molecule has 2 rings (SSSR count). The Morgan fingerprint density at radius 2 is 2.04 bits per heavy atom. The minimum atomic E-state index is 0.107. The SMILES string of the molecule is CCN1CCC[C@H]1CN(CCN(C)C)C(=O)c1ccnc(N(C)C)c1. The van der Waals surface area contributed by atoms with Crippen molar-refractivity contribution in [3.05, 3.63) is 23.9 Å². The number of nitrogens with zero attached hydrogens (tertiary/aromatic N) is 5. The Bertz CT molecular complexity index is 561. The van der Waals surface area contributed by atoms with Crippen molar-refractivity contribution >= 4 is 11.7 Å². The second-order valence-electron chi connectivity index (χ2n) is 7.28. The second kappa shape index (κ2) is 9.15. The van der Waals surface area contributed by atoms with E-state index in [0.717, 1.165) is 44.1 Å². The first-order chi connectivity index (χ1) is 11.9. The Morgan fingerprint density at radius 3 is 2.68 bits per heavy atom. The van der Waals surface area contributed by atoms with Crippen molar-refractivity contribution in [2.24, 2.45) is 0 Å². The van der Waals surface area contributed by atoms with Gasteiger partial charge in [-0.05, 0) is 52.2 Å². The van der Waals surface area contributed by atoms with Crippen molar-refractivity contribution in [3.8, 4) is 0 Å². The van der Waals surface area contributed by atoms with Crippen LogP contribution in [0.3, 0.4) is 0 Å². The predicted octanol–water partition coefficient (Wildman–Crippen LogP) is 1.64. The molecule has 25 heavy (non-hydrogen) atoms. The Morgan fingerprint density at radius 1 is 1.28 bits per heavy atom. The Kier molecular flexibility index (Phi) is 7.20. The third kappa shape index (κ3) is 5.41. The van der Waals surface area contributed by atoms with Gasteiger partial charge in [-0.1, -0.05) is 6.92 Å². The quantitative estimate of drug-likeness (QED) is 0.715. The third-order valence-corrected chi connectivity index (χ3v) is 4.89. The Balaban J connectivity index is 2.15. The molecule has 2 heterocycles. The smallest absolute Gasteiger partial charge is 0.254 e. The molecule has 0 radical (unpaired) electrons. The molecule has 0 bridgehead atoms. The van der Waals surface area contributed by atoms with Gasteiger partial charge in [0.1, 0.15) is 5.82 Å². The predicted molar refractivity (Wildman–Crippen MR) is 103 cm³/mol. The number of carbonyl (C=O) groups excluding carboxylic acids is 1. The highest BCUT2D eigenvalue weighted by Gasteiger charge is 2.27. The zero-order valence-electron chi connectivity index (χ0n) is 16.4. The first-order valence-electron chi connectivity index (χ1n) is 9.23. The number of amides is 1. The number of rotatable bonds is 8. The first kappa shape index (κ1) is 19.7. The van der Waals surface area contributed by atoms with Gasteiger partial charge in [-0.2, -0.15) is 0 Å². The first-order valence-corrected chi connectivity index (χ1v) is 9.23. The van der Waals surface area contributed by atoms with E-state index in [2.05, 4.69) is 21.7 Å². The van der Waals surface area contributed by atoms with Crippen molar-refractivity contribution in [2.75, 3.05) is 65.8 Å². The third-order valence-electron chi connectivity index (χ3n) is 4.89. The van der Waals surface area contributed by atoms with E-state index >= 15 is 0 Å². The molecule has 0 aromatic carbocycles. The van der Waals surface area contributed by atoms with Crippen LogP contribution in [0, 0.1) is 0 Å². The number of anilines is 1. The fourth-order valence-corrected chi connectivity index (χ4v) is 3.35. The van der Waals surface area contributed by atoms with E-state index in [1.165, 1.54) is 12.8 Å². The number of likely N-dealkylation sites (N-methyl/N-ethyl adjacent to an activating group) is 2. The fraction of sp³-hybridized carbons (Fsp3) is 0.684. The fourth-order valence-electron chi connectivity index (χ4n) is 3.35. The molecule has 1 amide bonds. The number of hydrogen-bond acceptors (Lipinski definition) is 5. The van der Waals surface area contributed by atoms with Crippen molar-refractivity contribution in [3.63, 3.8) is 0 Å². The lowest BCUT2D eigenvalue weighted by Gasteiger charge is -2.31. The minimum absolute atomic E-state index is 0.107. The normalized spacial score (nSPS) is 17.9. The molecule has 1 aliphatic rings. The van der Waals surface area contributed by atoms with E-state index in [4.69, 9.17) is 0 Å². The molecular weight excluding hydrogens is 314 g/mol. The summed E-state index contributed by atoms with van der Waals surface area (Å²) in [7, 11) is 7.98. The highest BCUT2D eigenvalue weighted by atomic mass is 16.2. The maximum Gasteiger partial charge on any atom is 0.254 e. The van der Waals surface area contributed by atoms with Gasteiger partial charge in [-0.3, -0.25) is 9.69 Å². The van der Waals surface area contributed by atoms with Gasteiger partial charge in [0, 0.05) is 51.5 Å². The van der Waals surface area contributed by atoms with Crippen molar-refractivity contribution in [2.45, 2.75) is 25.8 Å². The van der Waals surface area contributed by atoms with E-state index in [1.807, 2.05) is 50.1 Å².